The van der Waals surface area contributed by atoms with E-state index in [1.54, 1.807) is 12.4 Å². The molecule has 1 amide bonds. The molecule has 1 saturated heterocycles. The van der Waals surface area contributed by atoms with Crippen molar-refractivity contribution in [2.24, 2.45) is 5.73 Å². The van der Waals surface area contributed by atoms with E-state index in [4.69, 9.17) is 5.73 Å². The maximum Gasteiger partial charge on any atom is 0.224 e. The number of rotatable bonds is 3. The molecule has 1 aromatic rings. The molecule has 1 fully saturated rings. The molecule has 2 heterocycles. The molecule has 15 heavy (non-hydrogen) atoms. The summed E-state index contributed by atoms with van der Waals surface area (Å²) in [6.07, 6.45) is 4.91. The molecule has 2 rings (SSSR count). The van der Waals surface area contributed by atoms with Gasteiger partial charge >= 0.3 is 0 Å². The van der Waals surface area contributed by atoms with E-state index in [9.17, 15) is 4.79 Å². The summed E-state index contributed by atoms with van der Waals surface area (Å²) in [6, 6.07) is 3.97. The van der Waals surface area contributed by atoms with E-state index in [2.05, 4.69) is 4.98 Å². The second kappa shape index (κ2) is 4.40. The molecule has 0 aliphatic carbocycles. The highest BCUT2D eigenvalue weighted by molar-refractivity contribution is 5.79. The van der Waals surface area contributed by atoms with Gasteiger partial charge in [-0.15, -0.1) is 0 Å². The summed E-state index contributed by atoms with van der Waals surface area (Å²) < 4.78 is 0. The van der Waals surface area contributed by atoms with Crippen molar-refractivity contribution in [3.8, 4) is 0 Å². The van der Waals surface area contributed by atoms with Crippen molar-refractivity contribution in [2.75, 3.05) is 13.1 Å². The topological polar surface area (TPSA) is 59.2 Å². The number of likely N-dealkylation sites (tertiary alicyclic amines) is 1. The molecule has 80 valence electrons. The summed E-state index contributed by atoms with van der Waals surface area (Å²) in [4.78, 5) is 17.2. The maximum absolute atomic E-state index is 11.4. The van der Waals surface area contributed by atoms with Crippen LogP contribution in [0.2, 0.25) is 0 Å². The van der Waals surface area contributed by atoms with Crippen LogP contribution >= 0.6 is 0 Å². The number of pyridine rings is 1. The van der Waals surface area contributed by atoms with Crippen LogP contribution in [-0.4, -0.2) is 34.9 Å². The molecule has 0 radical (unpaired) electrons. The fourth-order valence-electron chi connectivity index (χ4n) is 1.83. The van der Waals surface area contributed by atoms with Gasteiger partial charge in [0.2, 0.25) is 5.91 Å². The number of carbonyl (C=O) groups excluding carboxylic acids is 1. The molecule has 4 heteroatoms. The molecular formula is C11H15N3O. The van der Waals surface area contributed by atoms with Crippen LogP contribution in [0.15, 0.2) is 24.5 Å². The highest BCUT2D eigenvalue weighted by atomic mass is 16.2. The minimum absolute atomic E-state index is 0.0231. The molecule has 1 aliphatic rings. The quantitative estimate of drug-likeness (QED) is 0.766. The van der Waals surface area contributed by atoms with E-state index >= 15 is 0 Å². The summed E-state index contributed by atoms with van der Waals surface area (Å²) >= 11 is 0. The molecule has 1 aliphatic heterocycles. The molecule has 0 bridgehead atoms. The first-order chi connectivity index (χ1) is 7.25. The molecule has 1 atom stereocenters. The van der Waals surface area contributed by atoms with Crippen molar-refractivity contribution in [3.05, 3.63) is 30.1 Å². The maximum atomic E-state index is 11.4. The Labute approximate surface area is 89.1 Å². The lowest BCUT2D eigenvalue weighted by atomic mass is 10.2. The second-order valence-electron chi connectivity index (χ2n) is 3.91. The van der Waals surface area contributed by atoms with E-state index in [0.717, 1.165) is 13.0 Å². The minimum Gasteiger partial charge on any atom is -0.341 e. The minimum atomic E-state index is 0.0231. The van der Waals surface area contributed by atoms with Crippen LogP contribution in [0.25, 0.3) is 0 Å². The first-order valence-corrected chi connectivity index (χ1v) is 5.18. The monoisotopic (exact) mass is 205 g/mol. The Bertz CT molecular complexity index is 339. The van der Waals surface area contributed by atoms with Crippen molar-refractivity contribution in [3.63, 3.8) is 0 Å². The van der Waals surface area contributed by atoms with Gasteiger partial charge in [0, 0.05) is 37.9 Å². The van der Waals surface area contributed by atoms with E-state index in [-0.39, 0.29) is 11.9 Å². The molecule has 4 nitrogen and oxygen atoms in total. The summed E-state index contributed by atoms with van der Waals surface area (Å²) in [7, 11) is 0. The predicted octanol–water partition coefficient (Wildman–Crippen LogP) is 0.184. The molecule has 0 saturated carbocycles. The van der Waals surface area contributed by atoms with E-state index in [1.165, 1.54) is 5.56 Å². The molecule has 1 unspecified atom stereocenters. The zero-order valence-electron chi connectivity index (χ0n) is 8.60. The van der Waals surface area contributed by atoms with E-state index < -0.39 is 0 Å². The molecule has 0 aromatic carbocycles. The summed E-state index contributed by atoms with van der Waals surface area (Å²) in [5, 5.41) is 0. The fourth-order valence-corrected chi connectivity index (χ4v) is 1.83. The number of nitrogens with zero attached hydrogens (tertiary/aromatic N) is 2. The molecular weight excluding hydrogens is 190 g/mol. The van der Waals surface area contributed by atoms with Gasteiger partial charge in [-0.05, 0) is 24.1 Å². The zero-order valence-corrected chi connectivity index (χ0v) is 8.60. The third-order valence-electron chi connectivity index (χ3n) is 2.66. The van der Waals surface area contributed by atoms with Crippen molar-refractivity contribution >= 4 is 5.91 Å². The number of hydrogen-bond acceptors (Lipinski definition) is 3. The van der Waals surface area contributed by atoms with Crippen molar-refractivity contribution in [2.45, 2.75) is 18.9 Å². The second-order valence-corrected chi connectivity index (χ2v) is 3.91. The van der Waals surface area contributed by atoms with Crippen LogP contribution in [0.1, 0.15) is 12.0 Å². The Kier molecular flexibility index (Phi) is 2.97. The van der Waals surface area contributed by atoms with Crippen molar-refractivity contribution in [1.29, 1.82) is 0 Å². The van der Waals surface area contributed by atoms with Gasteiger partial charge in [-0.25, -0.2) is 0 Å². The Hall–Kier alpha value is -1.42. The van der Waals surface area contributed by atoms with Gasteiger partial charge in [0.1, 0.15) is 0 Å². The third kappa shape index (κ3) is 2.53. The van der Waals surface area contributed by atoms with Gasteiger partial charge < -0.3 is 10.6 Å². The highest BCUT2D eigenvalue weighted by Crippen LogP contribution is 2.10. The number of amides is 1. The summed E-state index contributed by atoms with van der Waals surface area (Å²) in [6.45, 7) is 1.46. The Balaban J connectivity index is 1.86. The third-order valence-corrected chi connectivity index (χ3v) is 2.66. The number of aromatic nitrogens is 1. The Morgan fingerprint density at radius 1 is 1.47 bits per heavy atom. The summed E-state index contributed by atoms with van der Waals surface area (Å²) in [5.74, 6) is 0.177. The van der Waals surface area contributed by atoms with E-state index in [1.807, 2.05) is 17.0 Å². The van der Waals surface area contributed by atoms with Gasteiger partial charge in [-0.3, -0.25) is 9.78 Å². The largest absolute Gasteiger partial charge is 0.341 e. The van der Waals surface area contributed by atoms with Crippen molar-refractivity contribution < 1.29 is 4.79 Å². The molecule has 0 spiro atoms. The highest BCUT2D eigenvalue weighted by Gasteiger charge is 2.25. The lowest BCUT2D eigenvalue weighted by molar-refractivity contribution is -0.127. The smallest absolute Gasteiger partial charge is 0.224 e. The van der Waals surface area contributed by atoms with Gasteiger partial charge in [-0.1, -0.05) is 0 Å². The van der Waals surface area contributed by atoms with Gasteiger partial charge in [-0.2, -0.15) is 0 Å². The number of carbonyl (C=O) groups is 1. The van der Waals surface area contributed by atoms with Gasteiger partial charge in [0.25, 0.3) is 0 Å². The van der Waals surface area contributed by atoms with Crippen LogP contribution < -0.4 is 5.73 Å². The van der Waals surface area contributed by atoms with Crippen LogP contribution in [0.3, 0.4) is 0 Å². The molecule has 2 N–H and O–H groups in total. The first-order valence-electron chi connectivity index (χ1n) is 5.18. The zero-order chi connectivity index (χ0) is 10.7. The lowest BCUT2D eigenvalue weighted by Gasteiger charge is -2.15. The SMILES string of the molecule is NC1CC(=O)N(CCc2ccncc2)C1. The van der Waals surface area contributed by atoms with Crippen LogP contribution in [0.4, 0.5) is 0 Å². The van der Waals surface area contributed by atoms with Gasteiger partial charge in [0.05, 0.1) is 0 Å². The fraction of sp³-hybridized carbons (Fsp3) is 0.455. The van der Waals surface area contributed by atoms with E-state index in [0.29, 0.717) is 13.0 Å². The molecule has 1 aromatic heterocycles. The normalized spacial score (nSPS) is 21.0. The standard InChI is InChI=1S/C11H15N3O/c12-10-7-11(15)14(8-10)6-3-9-1-4-13-5-2-9/h1-2,4-5,10H,3,6-8,12H2. The Morgan fingerprint density at radius 2 is 2.20 bits per heavy atom. The average molecular weight is 205 g/mol. The van der Waals surface area contributed by atoms with Crippen LogP contribution in [0, 0.1) is 0 Å². The number of hydrogen-bond donors (Lipinski definition) is 1. The first kappa shape index (κ1) is 10.1. The van der Waals surface area contributed by atoms with Crippen LogP contribution in [-0.2, 0) is 11.2 Å². The van der Waals surface area contributed by atoms with Crippen LogP contribution in [0.5, 0.6) is 0 Å². The average Bonchev–Trinajstić information content (AvgIpc) is 2.56. The predicted molar refractivity (Wildman–Crippen MR) is 57.1 cm³/mol. The van der Waals surface area contributed by atoms with Crippen molar-refractivity contribution in [1.82, 2.24) is 9.88 Å². The number of nitrogens with two attached hydrogens (primary N) is 1. The van der Waals surface area contributed by atoms with Gasteiger partial charge in [0.15, 0.2) is 0 Å². The Morgan fingerprint density at radius 3 is 2.80 bits per heavy atom. The lowest BCUT2D eigenvalue weighted by Crippen LogP contribution is -2.30. The summed E-state index contributed by atoms with van der Waals surface area (Å²) in [5.41, 5.74) is 6.92.